The summed E-state index contributed by atoms with van der Waals surface area (Å²) < 4.78 is 11.4. The molecule has 0 spiro atoms. The number of ketones is 1. The molecule has 3 amide bonds. The van der Waals surface area contributed by atoms with Crippen molar-refractivity contribution in [3.05, 3.63) is 196 Å². The van der Waals surface area contributed by atoms with Gasteiger partial charge < -0.3 is 40.4 Å². The zero-order valence-corrected chi connectivity index (χ0v) is 62.0. The van der Waals surface area contributed by atoms with Crippen LogP contribution in [0.2, 0.25) is 30.1 Å². The molecule has 520 valence electrons. The van der Waals surface area contributed by atoms with Crippen LogP contribution in [0.15, 0.2) is 127 Å². The van der Waals surface area contributed by atoms with Crippen molar-refractivity contribution in [3.63, 3.8) is 0 Å². The molecule has 6 fully saturated rings. The second-order valence-corrected chi connectivity index (χ2v) is 31.8. The summed E-state index contributed by atoms with van der Waals surface area (Å²) in [5.74, 6) is 3.53. The van der Waals surface area contributed by atoms with Crippen molar-refractivity contribution in [1.82, 2.24) is 16.0 Å². The number of rotatable bonds is 18. The highest BCUT2D eigenvalue weighted by Crippen LogP contribution is 2.64. The zero-order chi connectivity index (χ0) is 70.1. The molecule has 5 N–H and O–H groups in total. The first-order valence-electron chi connectivity index (χ1n) is 34.8. The highest BCUT2D eigenvalue weighted by molar-refractivity contribution is 6.33. The first-order valence-corrected chi connectivity index (χ1v) is 37.1. The van der Waals surface area contributed by atoms with Crippen molar-refractivity contribution >= 4 is 93.1 Å². The number of fused-ring (bicyclic) bond motifs is 3. The number of carbonyl (C=O) groups excluding carboxylic acids is 4. The van der Waals surface area contributed by atoms with Crippen molar-refractivity contribution < 1.29 is 38.9 Å². The van der Waals surface area contributed by atoms with Crippen LogP contribution in [-0.2, 0) is 25.6 Å². The molecule has 3 aliphatic carbocycles. The molecule has 3 saturated carbocycles. The molecule has 6 aromatic rings. The lowest BCUT2D eigenvalue weighted by Crippen LogP contribution is -2.43. The molecule has 3 aliphatic heterocycles. The van der Waals surface area contributed by atoms with Crippen molar-refractivity contribution in [2.45, 2.75) is 205 Å². The van der Waals surface area contributed by atoms with E-state index in [9.17, 15) is 29.4 Å². The van der Waals surface area contributed by atoms with Gasteiger partial charge in [-0.1, -0.05) is 151 Å². The third kappa shape index (κ3) is 15.5. The fourth-order valence-corrected chi connectivity index (χ4v) is 19.6. The van der Waals surface area contributed by atoms with E-state index in [-0.39, 0.29) is 124 Å². The van der Waals surface area contributed by atoms with Crippen molar-refractivity contribution in [1.29, 1.82) is 0 Å². The number of hydrogen-bond donors (Lipinski definition) is 5. The van der Waals surface area contributed by atoms with Crippen molar-refractivity contribution in [3.8, 4) is 11.5 Å². The summed E-state index contributed by atoms with van der Waals surface area (Å²) in [5, 5.41) is 33.4. The predicted octanol–water partition coefficient (Wildman–Crippen LogP) is 19.0. The molecular formula is C80H95Cl6N3O8. The first-order chi connectivity index (χ1) is 46.1. The maximum Gasteiger partial charge on any atom is 0.226 e. The van der Waals surface area contributed by atoms with Gasteiger partial charge in [0.1, 0.15) is 30.5 Å². The number of aryl methyl sites for hydroxylation is 1. The van der Waals surface area contributed by atoms with E-state index in [0.29, 0.717) is 49.5 Å². The quantitative estimate of drug-likeness (QED) is 0.0568. The summed E-state index contributed by atoms with van der Waals surface area (Å²) in [6.45, 7) is 19.9. The molecule has 0 bridgehead atoms. The zero-order valence-electron chi connectivity index (χ0n) is 57.4. The SMILES string of the molecule is CC[C@@]12CC[C@@H](c3ccc(CCC(C)=O)cc3Cl)[C@H](c3ccc(Cl)cc3)[C@@H]1[C@@H](C)NC2=O.CC[C@@]12CC[C@@H](c3ccc(OCC(C)(C)O)cc3Cl)[C@H](c3ccc(Cl)cc3)[C@@H]1[C@@H](C)NC2=O.CC[C@@]12CC[C@@H](c3ccc(OCC(C)O)cc3Cl)[C@H](c3ccc(Cl)cc3)[C@@H]1[C@@H](C)NC2=O. The average Bonchev–Trinajstić information content (AvgIpc) is 1.64. The van der Waals surface area contributed by atoms with Gasteiger partial charge in [-0.15, -0.1) is 0 Å². The van der Waals surface area contributed by atoms with Crippen LogP contribution >= 0.6 is 69.6 Å². The Labute approximate surface area is 604 Å². The molecule has 0 aromatic heterocycles. The average molecular weight is 1440 g/mol. The van der Waals surface area contributed by atoms with Gasteiger partial charge >= 0.3 is 0 Å². The number of aliphatic hydroxyl groups excluding tert-OH is 1. The topological polar surface area (TPSA) is 163 Å². The predicted molar refractivity (Wildman–Crippen MR) is 392 cm³/mol. The molecule has 16 atom stereocenters. The minimum absolute atomic E-state index is 0.0779. The van der Waals surface area contributed by atoms with Crippen molar-refractivity contribution in [2.24, 2.45) is 34.0 Å². The minimum Gasteiger partial charge on any atom is -0.491 e. The molecule has 12 rings (SSSR count). The van der Waals surface area contributed by atoms with Crippen molar-refractivity contribution in [2.75, 3.05) is 13.2 Å². The van der Waals surface area contributed by atoms with Gasteiger partial charge in [0.2, 0.25) is 17.7 Å². The summed E-state index contributed by atoms with van der Waals surface area (Å²) in [4.78, 5) is 50.7. The number of hydrogen-bond acceptors (Lipinski definition) is 8. The van der Waals surface area contributed by atoms with Crippen LogP contribution in [0, 0.1) is 34.0 Å². The van der Waals surface area contributed by atoms with Gasteiger partial charge in [-0.2, -0.15) is 0 Å². The van der Waals surface area contributed by atoms with Gasteiger partial charge in [-0.25, -0.2) is 0 Å². The third-order valence-corrected chi connectivity index (χ3v) is 24.6. The molecule has 97 heavy (non-hydrogen) atoms. The number of amides is 3. The Balaban J connectivity index is 0.000000158. The molecule has 3 heterocycles. The lowest BCUT2D eigenvalue weighted by atomic mass is 9.54. The normalized spacial score (nSPS) is 29.8. The fourth-order valence-electron chi connectivity index (χ4n) is 18.3. The number of ether oxygens (including phenoxy) is 2. The third-order valence-electron chi connectivity index (χ3n) is 22.8. The molecule has 0 radical (unpaired) electrons. The Morgan fingerprint density at radius 2 is 0.856 bits per heavy atom. The summed E-state index contributed by atoms with van der Waals surface area (Å²) in [7, 11) is 0. The summed E-state index contributed by atoms with van der Waals surface area (Å²) >= 11 is 39.1. The van der Waals surface area contributed by atoms with E-state index in [0.717, 1.165) is 85.1 Å². The number of halogens is 6. The van der Waals surface area contributed by atoms with E-state index < -0.39 is 11.7 Å². The summed E-state index contributed by atoms with van der Waals surface area (Å²) in [5.41, 5.74) is 5.98. The second-order valence-electron chi connectivity index (χ2n) is 29.2. The smallest absolute Gasteiger partial charge is 0.226 e. The lowest BCUT2D eigenvalue weighted by Gasteiger charge is -2.47. The van der Waals surface area contributed by atoms with Gasteiger partial charge in [0.25, 0.3) is 0 Å². The summed E-state index contributed by atoms with van der Waals surface area (Å²) in [6.07, 6.45) is 8.38. The number of benzene rings is 6. The minimum atomic E-state index is -0.921. The largest absolute Gasteiger partial charge is 0.491 e. The molecule has 17 heteroatoms. The molecule has 1 unspecified atom stereocenters. The first kappa shape index (κ1) is 74.4. The van der Waals surface area contributed by atoms with E-state index in [4.69, 9.17) is 79.1 Å². The highest BCUT2D eigenvalue weighted by Gasteiger charge is 2.62. The maximum atomic E-state index is 13.1. The highest BCUT2D eigenvalue weighted by atomic mass is 35.5. The van der Waals surface area contributed by atoms with Gasteiger partial charge in [-0.05, 0) is 254 Å². The van der Waals surface area contributed by atoms with Gasteiger partial charge in [0.05, 0.1) is 27.9 Å². The Morgan fingerprint density at radius 3 is 1.15 bits per heavy atom. The van der Waals surface area contributed by atoms with Crippen LogP contribution < -0.4 is 25.4 Å². The standard InChI is InChI=1S/C27H33Cl2NO3.C27H31Cl2NO2.C26H31Cl2NO3/c1-5-27-13-12-21(20-11-10-19(14-22(20)29)33-15-26(3,4)32)23(17-6-8-18(28)9-7-17)24(27)16(2)30-25(27)31;1-4-27-14-13-22(21-12-7-18(15-23(21)29)6-5-16(2)31)24(19-8-10-20(28)11-9-19)25(27)17(3)30-26(27)32;1-4-26-12-11-21(20-10-9-19(13-22(20)28)32-14-15(2)30)23(17-5-7-18(27)8-6-17)24(26)16(3)29-25(26)31/h6-11,14,16,21,23-24,32H,5,12-13,15H2,1-4H3,(H,30,31);7-12,15,17,22,24-25H,4-6,13-14H2,1-3H3,(H,30,32);5-10,13,15-16,21,23-24,30H,4,11-12,14H2,1-3H3,(H,29,31)/t16-,21+,23+,24+,27-;17-,22+,24+,25+,27-;15?,16-,21+,23+,24+,26-/m111/s1. The van der Waals surface area contributed by atoms with E-state index in [2.05, 4.69) is 106 Å². The van der Waals surface area contributed by atoms with Crippen LogP contribution in [0.5, 0.6) is 11.5 Å². The number of aliphatic hydroxyl groups is 2. The monoisotopic (exact) mass is 1440 g/mol. The van der Waals surface area contributed by atoms with Gasteiger partial charge in [-0.3, -0.25) is 14.4 Å². The Bertz CT molecular complexity index is 3790. The molecule has 3 saturated heterocycles. The number of carbonyl (C=O) groups is 4. The Hall–Kier alpha value is -5.34. The fraction of sp³-hybridized carbons (Fsp3) is 0.500. The van der Waals surface area contributed by atoms with Crippen LogP contribution in [-0.4, -0.2) is 76.8 Å². The van der Waals surface area contributed by atoms with Crippen LogP contribution in [0.3, 0.4) is 0 Å². The van der Waals surface area contributed by atoms with Crippen LogP contribution in [0.1, 0.15) is 208 Å². The lowest BCUT2D eigenvalue weighted by molar-refractivity contribution is -0.132. The van der Waals surface area contributed by atoms with Crippen LogP contribution in [0.25, 0.3) is 0 Å². The van der Waals surface area contributed by atoms with Gasteiger partial charge in [0, 0.05) is 72.4 Å². The summed E-state index contributed by atoms with van der Waals surface area (Å²) in [6, 6.07) is 42.3. The molecule has 6 aromatic carbocycles. The van der Waals surface area contributed by atoms with Crippen LogP contribution in [0.4, 0.5) is 0 Å². The number of nitrogens with one attached hydrogen (secondary N) is 3. The Kier molecular flexibility index (Phi) is 23.7. The maximum absolute atomic E-state index is 13.1. The Morgan fingerprint density at radius 1 is 0.526 bits per heavy atom. The van der Waals surface area contributed by atoms with E-state index in [1.807, 2.05) is 78.9 Å². The van der Waals surface area contributed by atoms with E-state index in [1.54, 1.807) is 27.7 Å². The second kappa shape index (κ2) is 30.9. The number of Topliss-reactive ketones (excluding diaryl/α,β-unsaturated/α-hetero) is 1. The van der Waals surface area contributed by atoms with E-state index in [1.165, 1.54) is 16.7 Å². The van der Waals surface area contributed by atoms with Gasteiger partial charge in [0.15, 0.2) is 0 Å². The molecule has 11 nitrogen and oxygen atoms in total. The molecule has 6 aliphatic rings. The molecular weight excluding hydrogens is 1340 g/mol. The van der Waals surface area contributed by atoms with E-state index >= 15 is 0 Å².